The molecular weight excluding hydrogens is 312 g/mol. The van der Waals surface area contributed by atoms with E-state index in [1.807, 2.05) is 31.7 Å². The molecule has 0 N–H and O–H groups in total. The fourth-order valence-corrected chi connectivity index (χ4v) is 4.19. The Morgan fingerprint density at radius 1 is 1.28 bits per heavy atom. The molecule has 4 nitrogen and oxygen atoms in total. The van der Waals surface area contributed by atoms with Crippen LogP contribution in [0.1, 0.15) is 45.6 Å². The van der Waals surface area contributed by atoms with Gasteiger partial charge in [0.2, 0.25) is 0 Å². The van der Waals surface area contributed by atoms with Crippen molar-refractivity contribution in [1.82, 2.24) is 9.80 Å². The summed E-state index contributed by atoms with van der Waals surface area (Å²) in [4.78, 5) is 17.3. The molecule has 1 aromatic carbocycles. The van der Waals surface area contributed by atoms with Gasteiger partial charge in [-0.05, 0) is 45.6 Å². The lowest BCUT2D eigenvalue weighted by Gasteiger charge is -2.47. The van der Waals surface area contributed by atoms with E-state index in [0.29, 0.717) is 6.04 Å². The Bertz CT molecular complexity index is 608. The summed E-state index contributed by atoms with van der Waals surface area (Å²) in [6, 6.07) is 11.4. The van der Waals surface area contributed by atoms with Crippen LogP contribution in [-0.2, 0) is 11.3 Å². The number of benzene rings is 1. The molecule has 0 aromatic heterocycles. The highest BCUT2D eigenvalue weighted by Crippen LogP contribution is 2.37. The molecule has 2 heterocycles. The lowest BCUT2D eigenvalue weighted by Crippen LogP contribution is -2.61. The van der Waals surface area contributed by atoms with Crippen LogP contribution in [0.2, 0.25) is 0 Å². The zero-order valence-electron chi connectivity index (χ0n) is 15.6. The van der Waals surface area contributed by atoms with Crippen LogP contribution in [0.4, 0.5) is 4.79 Å². The summed E-state index contributed by atoms with van der Waals surface area (Å²) in [5.74, 6) is 0. The summed E-state index contributed by atoms with van der Waals surface area (Å²) < 4.78 is 5.68. The smallest absolute Gasteiger partial charge is 0.410 e. The summed E-state index contributed by atoms with van der Waals surface area (Å²) in [7, 11) is 0. The number of likely N-dealkylation sites (tertiary alicyclic amines) is 1. The highest BCUT2D eigenvalue weighted by molar-refractivity contribution is 5.70. The first kappa shape index (κ1) is 18.0. The zero-order valence-corrected chi connectivity index (χ0v) is 15.6. The van der Waals surface area contributed by atoms with Crippen LogP contribution in [0.3, 0.4) is 0 Å². The first-order valence-electron chi connectivity index (χ1n) is 9.29. The maximum Gasteiger partial charge on any atom is 0.410 e. The first-order valence-corrected chi connectivity index (χ1v) is 9.29. The monoisotopic (exact) mass is 342 g/mol. The normalized spacial score (nSPS) is 26.5. The van der Waals surface area contributed by atoms with Gasteiger partial charge in [-0.2, -0.15) is 0 Å². The van der Waals surface area contributed by atoms with Gasteiger partial charge in [-0.1, -0.05) is 36.4 Å². The van der Waals surface area contributed by atoms with Crippen molar-refractivity contribution in [3.05, 3.63) is 48.6 Å². The van der Waals surface area contributed by atoms with Crippen LogP contribution in [-0.4, -0.2) is 46.2 Å². The quantitative estimate of drug-likeness (QED) is 0.768. The van der Waals surface area contributed by atoms with E-state index in [9.17, 15) is 4.79 Å². The highest BCUT2D eigenvalue weighted by Gasteiger charge is 2.48. The molecule has 25 heavy (non-hydrogen) atoms. The molecule has 0 saturated carbocycles. The number of rotatable bonds is 4. The highest BCUT2D eigenvalue weighted by atomic mass is 16.6. The van der Waals surface area contributed by atoms with E-state index in [1.165, 1.54) is 5.56 Å². The number of carbonyl (C=O) groups is 1. The Balaban J connectivity index is 1.78. The molecule has 3 unspecified atom stereocenters. The summed E-state index contributed by atoms with van der Waals surface area (Å²) in [5, 5.41) is 0. The van der Waals surface area contributed by atoms with Crippen LogP contribution in [0, 0.1) is 0 Å². The number of fused-ring (bicyclic) bond motifs is 2. The van der Waals surface area contributed by atoms with E-state index >= 15 is 0 Å². The lowest BCUT2D eigenvalue weighted by molar-refractivity contribution is -0.0237. The molecule has 3 atom stereocenters. The van der Waals surface area contributed by atoms with Crippen molar-refractivity contribution in [1.29, 1.82) is 0 Å². The lowest BCUT2D eigenvalue weighted by atomic mass is 9.98. The van der Waals surface area contributed by atoms with Crippen LogP contribution in [0.5, 0.6) is 0 Å². The summed E-state index contributed by atoms with van der Waals surface area (Å²) in [5.41, 5.74) is 0.868. The molecule has 0 radical (unpaired) electrons. The molecule has 1 aromatic rings. The molecule has 2 bridgehead atoms. The van der Waals surface area contributed by atoms with E-state index in [4.69, 9.17) is 4.74 Å². The number of hydrogen-bond donors (Lipinski definition) is 0. The SMILES string of the molecule is C=CCC1C2CCC(CN1Cc1ccccc1)N2C(=O)OC(C)(C)C. The summed E-state index contributed by atoms with van der Waals surface area (Å²) in [6.07, 6.45) is 4.82. The maximum absolute atomic E-state index is 12.7. The van der Waals surface area contributed by atoms with E-state index in [-0.39, 0.29) is 18.2 Å². The minimum atomic E-state index is -0.453. The number of nitrogens with zero attached hydrogens (tertiary/aromatic N) is 2. The first-order chi connectivity index (χ1) is 11.9. The third-order valence-electron chi connectivity index (χ3n) is 5.15. The molecular formula is C21H30N2O2. The second-order valence-corrected chi connectivity index (χ2v) is 8.19. The van der Waals surface area contributed by atoms with E-state index < -0.39 is 5.60 Å². The molecule has 2 fully saturated rings. The number of carbonyl (C=O) groups excluding carboxylic acids is 1. The Labute approximate surface area is 151 Å². The second-order valence-electron chi connectivity index (χ2n) is 8.19. The second kappa shape index (κ2) is 7.20. The Morgan fingerprint density at radius 2 is 2.00 bits per heavy atom. The number of ether oxygens (including phenoxy) is 1. The predicted octanol–water partition coefficient (Wildman–Crippen LogP) is 4.22. The van der Waals surface area contributed by atoms with Crippen LogP contribution in [0.15, 0.2) is 43.0 Å². The van der Waals surface area contributed by atoms with Crippen molar-refractivity contribution in [3.63, 3.8) is 0 Å². The molecule has 2 saturated heterocycles. The Morgan fingerprint density at radius 3 is 2.64 bits per heavy atom. The topological polar surface area (TPSA) is 32.8 Å². The van der Waals surface area contributed by atoms with E-state index in [0.717, 1.165) is 32.4 Å². The average Bonchev–Trinajstić information content (AvgIpc) is 2.87. The van der Waals surface area contributed by atoms with Crippen LogP contribution >= 0.6 is 0 Å². The van der Waals surface area contributed by atoms with Crippen molar-refractivity contribution in [2.75, 3.05) is 6.54 Å². The zero-order chi connectivity index (χ0) is 18.0. The van der Waals surface area contributed by atoms with Gasteiger partial charge in [-0.25, -0.2) is 4.79 Å². The largest absolute Gasteiger partial charge is 0.444 e. The summed E-state index contributed by atoms with van der Waals surface area (Å²) in [6.45, 7) is 11.6. The fraction of sp³-hybridized carbons (Fsp3) is 0.571. The summed E-state index contributed by atoms with van der Waals surface area (Å²) >= 11 is 0. The predicted molar refractivity (Wildman–Crippen MR) is 100 cm³/mol. The van der Waals surface area contributed by atoms with Gasteiger partial charge in [0.15, 0.2) is 0 Å². The van der Waals surface area contributed by atoms with Crippen molar-refractivity contribution in [2.24, 2.45) is 0 Å². The molecule has 136 valence electrons. The van der Waals surface area contributed by atoms with Gasteiger partial charge in [0.1, 0.15) is 5.60 Å². The number of piperazine rings is 1. The van der Waals surface area contributed by atoms with Crippen LogP contribution < -0.4 is 0 Å². The van der Waals surface area contributed by atoms with Gasteiger partial charge < -0.3 is 4.74 Å². The van der Waals surface area contributed by atoms with E-state index in [1.54, 1.807) is 0 Å². The average molecular weight is 342 g/mol. The number of amides is 1. The van der Waals surface area contributed by atoms with Gasteiger partial charge in [0.25, 0.3) is 0 Å². The number of hydrogen-bond acceptors (Lipinski definition) is 3. The van der Waals surface area contributed by atoms with Crippen LogP contribution in [0.25, 0.3) is 0 Å². The molecule has 0 aliphatic carbocycles. The third-order valence-corrected chi connectivity index (χ3v) is 5.15. The molecule has 4 heteroatoms. The molecule has 2 aliphatic rings. The fourth-order valence-electron chi connectivity index (χ4n) is 4.19. The molecule has 2 aliphatic heterocycles. The van der Waals surface area contributed by atoms with Gasteiger partial charge in [0, 0.05) is 25.2 Å². The Kier molecular flexibility index (Phi) is 5.19. The maximum atomic E-state index is 12.7. The molecule has 1 amide bonds. The van der Waals surface area contributed by atoms with Crippen molar-refractivity contribution < 1.29 is 9.53 Å². The minimum absolute atomic E-state index is 0.159. The van der Waals surface area contributed by atoms with Gasteiger partial charge in [0.05, 0.1) is 6.04 Å². The van der Waals surface area contributed by atoms with E-state index in [2.05, 4.69) is 41.8 Å². The standard InChI is InChI=1S/C21H30N2O2/c1-5-9-18-19-13-12-17(23(19)20(24)25-21(2,3)4)15-22(18)14-16-10-7-6-8-11-16/h5-8,10-11,17-19H,1,9,12-15H2,2-4H3. The van der Waals surface area contributed by atoms with Crippen molar-refractivity contribution in [3.8, 4) is 0 Å². The Hall–Kier alpha value is -1.81. The third kappa shape index (κ3) is 4.06. The van der Waals surface area contributed by atoms with Gasteiger partial charge >= 0.3 is 6.09 Å². The molecule has 0 spiro atoms. The van der Waals surface area contributed by atoms with Gasteiger partial charge in [-0.15, -0.1) is 6.58 Å². The molecule has 3 rings (SSSR count). The minimum Gasteiger partial charge on any atom is -0.444 e. The van der Waals surface area contributed by atoms with Crippen molar-refractivity contribution in [2.45, 2.75) is 70.3 Å². The van der Waals surface area contributed by atoms with Gasteiger partial charge in [-0.3, -0.25) is 9.80 Å². The van der Waals surface area contributed by atoms with Crippen molar-refractivity contribution >= 4 is 6.09 Å².